The molecule has 7 heteroatoms. The summed E-state index contributed by atoms with van der Waals surface area (Å²) in [4.78, 5) is 28.5. The van der Waals surface area contributed by atoms with Crippen molar-refractivity contribution in [1.82, 2.24) is 4.98 Å². The molecule has 0 saturated heterocycles. The van der Waals surface area contributed by atoms with Crippen LogP contribution in [0.3, 0.4) is 0 Å². The van der Waals surface area contributed by atoms with Crippen molar-refractivity contribution in [3.05, 3.63) is 108 Å². The smallest absolute Gasteiger partial charge is 0.161 e. The molecule has 0 spiro atoms. The molecule has 42 heavy (non-hydrogen) atoms. The van der Waals surface area contributed by atoms with Crippen LogP contribution in [-0.4, -0.2) is 43.0 Å². The Kier molecular flexibility index (Phi) is 11.8. The van der Waals surface area contributed by atoms with Gasteiger partial charge in [0.1, 0.15) is 37.1 Å². The van der Waals surface area contributed by atoms with E-state index in [1.165, 1.54) is 0 Å². The van der Waals surface area contributed by atoms with E-state index in [1.54, 1.807) is 6.20 Å². The summed E-state index contributed by atoms with van der Waals surface area (Å²) < 4.78 is 22.7. The Labute approximate surface area is 247 Å². The number of hydrogen-bond donors (Lipinski definition) is 0. The molecule has 0 radical (unpaired) electrons. The fourth-order valence-corrected chi connectivity index (χ4v) is 4.16. The number of benzene rings is 3. The van der Waals surface area contributed by atoms with Crippen LogP contribution in [0.1, 0.15) is 31.4 Å². The minimum absolute atomic E-state index is 0.0358. The third-order valence-corrected chi connectivity index (χ3v) is 6.62. The van der Waals surface area contributed by atoms with Gasteiger partial charge < -0.3 is 18.9 Å². The summed E-state index contributed by atoms with van der Waals surface area (Å²) in [5.74, 6) is 1.98. The van der Waals surface area contributed by atoms with Crippen molar-refractivity contribution in [2.24, 2.45) is 5.92 Å². The number of carbonyl (C=O) groups excluding carboxylic acids is 2. The molecule has 1 heterocycles. The van der Waals surface area contributed by atoms with Gasteiger partial charge in [-0.05, 0) is 53.9 Å². The van der Waals surface area contributed by atoms with Gasteiger partial charge in [0.25, 0.3) is 0 Å². The Morgan fingerprint density at radius 3 is 2.29 bits per heavy atom. The van der Waals surface area contributed by atoms with Gasteiger partial charge in [-0.25, -0.2) is 0 Å². The largest absolute Gasteiger partial charge is 0.490 e. The van der Waals surface area contributed by atoms with Crippen molar-refractivity contribution in [3.8, 4) is 28.5 Å². The average molecular weight is 568 g/mol. The van der Waals surface area contributed by atoms with Crippen molar-refractivity contribution in [2.75, 3.05) is 26.4 Å². The summed E-state index contributed by atoms with van der Waals surface area (Å²) in [6.45, 7) is 4.92. The maximum absolute atomic E-state index is 12.7. The monoisotopic (exact) mass is 567 g/mol. The van der Waals surface area contributed by atoms with E-state index >= 15 is 0 Å². The molecule has 0 unspecified atom stereocenters. The number of ether oxygens (including phenoxy) is 4. The van der Waals surface area contributed by atoms with E-state index < -0.39 is 0 Å². The molecule has 1 aromatic heterocycles. The van der Waals surface area contributed by atoms with Gasteiger partial charge in [0.05, 0.1) is 25.1 Å². The second-order valence-electron chi connectivity index (χ2n) is 10.00. The standard InChI is InChI=1S/C35H37NO6/c1-3-30(37)24-40-23-27-12-14-31(15-13-27)42-32-11-7-8-28(21-32)20-26(2)35(38)25-39-18-19-41-33-16-17-34(36-22-33)29-9-5-4-6-10-29/h4-17,21-22,26H,3,18-20,23-25H2,1-2H3/t26-/m1/s1. The SMILES string of the molecule is CCC(=O)COCc1ccc(Oc2cccc(C[C@@H](C)C(=O)COCCOc3ccc(-c4ccccc4)nc3)c2)cc1. The number of Topliss-reactive ketones (excluding diaryl/α,β-unsaturated/α-hetero) is 2. The van der Waals surface area contributed by atoms with Gasteiger partial charge in [-0.1, -0.05) is 68.4 Å². The Balaban J connectivity index is 1.15. The Morgan fingerprint density at radius 1 is 0.762 bits per heavy atom. The molecule has 7 nitrogen and oxygen atoms in total. The van der Waals surface area contributed by atoms with E-state index in [2.05, 4.69) is 4.98 Å². The predicted molar refractivity (Wildman–Crippen MR) is 162 cm³/mol. The van der Waals surface area contributed by atoms with Crippen LogP contribution in [-0.2, 0) is 32.1 Å². The van der Waals surface area contributed by atoms with Crippen molar-refractivity contribution in [1.29, 1.82) is 0 Å². The first-order chi connectivity index (χ1) is 20.5. The highest BCUT2D eigenvalue weighted by Crippen LogP contribution is 2.24. The zero-order chi connectivity index (χ0) is 29.6. The highest BCUT2D eigenvalue weighted by atomic mass is 16.5. The van der Waals surface area contributed by atoms with Crippen molar-refractivity contribution in [3.63, 3.8) is 0 Å². The third kappa shape index (κ3) is 9.94. The molecule has 0 aliphatic rings. The van der Waals surface area contributed by atoms with E-state index in [4.69, 9.17) is 18.9 Å². The molecule has 0 N–H and O–H groups in total. The summed E-state index contributed by atoms with van der Waals surface area (Å²) in [6.07, 6.45) is 2.76. The molecule has 0 aliphatic heterocycles. The zero-order valence-corrected chi connectivity index (χ0v) is 24.2. The van der Waals surface area contributed by atoms with E-state index in [-0.39, 0.29) is 30.7 Å². The molecule has 0 aliphatic carbocycles. The van der Waals surface area contributed by atoms with Crippen LogP contribution in [0.5, 0.6) is 17.2 Å². The third-order valence-electron chi connectivity index (χ3n) is 6.62. The van der Waals surface area contributed by atoms with Crippen molar-refractivity contribution in [2.45, 2.75) is 33.3 Å². The number of rotatable bonds is 17. The van der Waals surface area contributed by atoms with Crippen LogP contribution in [0.4, 0.5) is 0 Å². The number of nitrogens with zero attached hydrogens (tertiary/aromatic N) is 1. The summed E-state index contributed by atoms with van der Waals surface area (Å²) >= 11 is 0. The molecule has 0 saturated carbocycles. The first kappa shape index (κ1) is 30.6. The predicted octanol–water partition coefficient (Wildman–Crippen LogP) is 6.88. The quantitative estimate of drug-likeness (QED) is 0.129. The minimum Gasteiger partial charge on any atom is -0.490 e. The zero-order valence-electron chi connectivity index (χ0n) is 24.2. The Morgan fingerprint density at radius 2 is 1.55 bits per heavy atom. The lowest BCUT2D eigenvalue weighted by atomic mass is 9.97. The number of hydrogen-bond acceptors (Lipinski definition) is 7. The summed E-state index contributed by atoms with van der Waals surface area (Å²) in [6, 6.07) is 29.1. The van der Waals surface area contributed by atoms with Gasteiger partial charge >= 0.3 is 0 Å². The van der Waals surface area contributed by atoms with Crippen molar-refractivity contribution >= 4 is 11.6 Å². The van der Waals surface area contributed by atoms with E-state index in [1.807, 2.05) is 105 Å². The number of ketones is 2. The van der Waals surface area contributed by atoms with Gasteiger partial charge in [-0.3, -0.25) is 14.6 Å². The summed E-state index contributed by atoms with van der Waals surface area (Å²) in [5, 5.41) is 0. The van der Waals surface area contributed by atoms with Gasteiger partial charge in [-0.2, -0.15) is 0 Å². The van der Waals surface area contributed by atoms with Gasteiger partial charge in [-0.15, -0.1) is 0 Å². The number of pyridine rings is 1. The van der Waals surface area contributed by atoms with Gasteiger partial charge in [0.2, 0.25) is 0 Å². The maximum Gasteiger partial charge on any atom is 0.161 e. The second-order valence-corrected chi connectivity index (χ2v) is 10.00. The topological polar surface area (TPSA) is 84.0 Å². The highest BCUT2D eigenvalue weighted by Gasteiger charge is 2.14. The molecular weight excluding hydrogens is 530 g/mol. The average Bonchev–Trinajstić information content (AvgIpc) is 3.02. The Hall–Kier alpha value is -4.33. The lowest BCUT2D eigenvalue weighted by Crippen LogP contribution is -2.21. The van der Waals surface area contributed by atoms with Crippen LogP contribution >= 0.6 is 0 Å². The van der Waals surface area contributed by atoms with Crippen LogP contribution in [0.15, 0.2) is 97.2 Å². The second kappa shape index (κ2) is 16.2. The van der Waals surface area contributed by atoms with Crippen LogP contribution in [0.25, 0.3) is 11.3 Å². The first-order valence-electron chi connectivity index (χ1n) is 14.2. The highest BCUT2D eigenvalue weighted by molar-refractivity contribution is 5.82. The first-order valence-corrected chi connectivity index (χ1v) is 14.2. The van der Waals surface area contributed by atoms with Gasteiger partial charge in [0.15, 0.2) is 11.6 Å². The number of aromatic nitrogens is 1. The maximum atomic E-state index is 12.7. The molecule has 0 bridgehead atoms. The van der Waals surface area contributed by atoms with E-state index in [9.17, 15) is 9.59 Å². The summed E-state index contributed by atoms with van der Waals surface area (Å²) in [7, 11) is 0. The lowest BCUT2D eigenvalue weighted by molar-refractivity contribution is -0.127. The fourth-order valence-electron chi connectivity index (χ4n) is 4.16. The molecular formula is C35H37NO6. The molecule has 0 fully saturated rings. The normalized spacial score (nSPS) is 11.6. The molecule has 1 atom stereocenters. The van der Waals surface area contributed by atoms with Gasteiger partial charge in [0, 0.05) is 17.9 Å². The minimum atomic E-state index is -0.199. The molecule has 3 aromatic carbocycles. The van der Waals surface area contributed by atoms with Crippen molar-refractivity contribution < 1.29 is 28.5 Å². The van der Waals surface area contributed by atoms with Crippen LogP contribution in [0, 0.1) is 5.92 Å². The molecule has 4 aromatic rings. The molecule has 4 rings (SSSR count). The van der Waals surface area contributed by atoms with E-state index in [0.717, 1.165) is 22.4 Å². The lowest BCUT2D eigenvalue weighted by Gasteiger charge is -2.13. The number of carbonyl (C=O) groups is 2. The molecule has 0 amide bonds. The molecule has 218 valence electrons. The van der Waals surface area contributed by atoms with Crippen LogP contribution in [0.2, 0.25) is 0 Å². The summed E-state index contributed by atoms with van der Waals surface area (Å²) in [5.41, 5.74) is 3.91. The van der Waals surface area contributed by atoms with E-state index in [0.29, 0.717) is 49.9 Å². The Bertz CT molecular complexity index is 1400. The van der Waals surface area contributed by atoms with Crippen LogP contribution < -0.4 is 9.47 Å². The fraction of sp³-hybridized carbons (Fsp3) is 0.286.